The van der Waals surface area contributed by atoms with Gasteiger partial charge in [-0.25, -0.2) is 9.18 Å². The molecule has 0 unspecified atom stereocenters. The Morgan fingerprint density at radius 3 is 2.55 bits per heavy atom. The molecule has 0 fully saturated rings. The third-order valence-electron chi connectivity index (χ3n) is 2.57. The Hall–Kier alpha value is -2.80. The van der Waals surface area contributed by atoms with E-state index in [0.29, 0.717) is 5.75 Å². The average molecular weight is 317 g/mol. The fourth-order valence-corrected chi connectivity index (χ4v) is 1.63. The summed E-state index contributed by atoms with van der Waals surface area (Å²) < 4.78 is 18.6. The van der Waals surface area contributed by atoms with Gasteiger partial charge in [0.1, 0.15) is 11.6 Å². The quantitative estimate of drug-likeness (QED) is 0.297. The maximum Gasteiger partial charge on any atom is 0.346 e. The molecule has 7 heteroatoms. The van der Waals surface area contributed by atoms with Gasteiger partial charge in [-0.2, -0.15) is 5.10 Å². The summed E-state index contributed by atoms with van der Waals surface area (Å²) >= 11 is 4.60. The van der Waals surface area contributed by atoms with E-state index in [2.05, 4.69) is 22.7 Å². The van der Waals surface area contributed by atoms with Gasteiger partial charge in [0.2, 0.25) is 0 Å². The summed E-state index contributed by atoms with van der Waals surface area (Å²) in [5.41, 5.74) is 8.27. The van der Waals surface area contributed by atoms with Crippen LogP contribution in [-0.4, -0.2) is 17.3 Å². The second-order valence-electron chi connectivity index (χ2n) is 4.17. The lowest BCUT2D eigenvalue weighted by Crippen LogP contribution is -2.23. The van der Waals surface area contributed by atoms with E-state index in [-0.39, 0.29) is 10.7 Å². The molecule has 2 rings (SSSR count). The number of carbonyl (C=O) groups excluding carboxylic acids is 1. The fraction of sp³-hybridized carbons (Fsp3) is 0. The van der Waals surface area contributed by atoms with Crippen LogP contribution in [0.15, 0.2) is 53.6 Å². The van der Waals surface area contributed by atoms with Crippen molar-refractivity contribution in [2.45, 2.75) is 0 Å². The smallest absolute Gasteiger partial charge is 0.346 e. The molecule has 0 aliphatic rings. The van der Waals surface area contributed by atoms with Crippen molar-refractivity contribution in [1.82, 2.24) is 5.43 Å². The number of ether oxygens (including phenoxy) is 1. The highest BCUT2D eigenvalue weighted by Gasteiger charge is 2.12. The standard InChI is InChI=1S/C15H12FN3O2S/c16-13-4-2-1-3-12(13)14(20)21-11-7-5-10(6-8-11)9-18-19-15(17)22/h1-9H,(H3,17,19,22)/b18-9-. The molecular formula is C15H12FN3O2S. The number of hydrogen-bond acceptors (Lipinski definition) is 4. The number of nitrogens with zero attached hydrogens (tertiary/aromatic N) is 1. The number of carbonyl (C=O) groups is 1. The van der Waals surface area contributed by atoms with Crippen LogP contribution in [0.3, 0.4) is 0 Å². The predicted octanol–water partition coefficient (Wildman–Crippen LogP) is 2.21. The van der Waals surface area contributed by atoms with Crippen molar-refractivity contribution in [3.8, 4) is 5.75 Å². The van der Waals surface area contributed by atoms with E-state index in [1.165, 1.54) is 24.4 Å². The van der Waals surface area contributed by atoms with Gasteiger partial charge in [-0.3, -0.25) is 5.43 Å². The molecule has 0 aromatic heterocycles. The summed E-state index contributed by atoms with van der Waals surface area (Å²) in [6.45, 7) is 0. The molecule has 0 heterocycles. The molecule has 22 heavy (non-hydrogen) atoms. The minimum atomic E-state index is -0.755. The highest BCUT2D eigenvalue weighted by Crippen LogP contribution is 2.15. The Morgan fingerprint density at radius 1 is 1.23 bits per heavy atom. The zero-order valence-electron chi connectivity index (χ0n) is 11.3. The van der Waals surface area contributed by atoms with Crippen molar-refractivity contribution in [1.29, 1.82) is 0 Å². The first-order chi connectivity index (χ1) is 10.6. The van der Waals surface area contributed by atoms with Crippen LogP contribution in [0.25, 0.3) is 0 Å². The molecule has 0 spiro atoms. The van der Waals surface area contributed by atoms with Crippen molar-refractivity contribution in [3.05, 3.63) is 65.5 Å². The van der Waals surface area contributed by atoms with Crippen LogP contribution in [0.4, 0.5) is 4.39 Å². The van der Waals surface area contributed by atoms with Crippen LogP contribution >= 0.6 is 12.2 Å². The van der Waals surface area contributed by atoms with Crippen LogP contribution in [-0.2, 0) is 0 Å². The summed E-state index contributed by atoms with van der Waals surface area (Å²) in [6.07, 6.45) is 1.50. The Morgan fingerprint density at radius 2 is 1.91 bits per heavy atom. The molecular weight excluding hydrogens is 305 g/mol. The molecule has 2 aromatic rings. The summed E-state index contributed by atoms with van der Waals surface area (Å²) in [6, 6.07) is 12.1. The van der Waals surface area contributed by atoms with E-state index < -0.39 is 11.8 Å². The van der Waals surface area contributed by atoms with E-state index in [0.717, 1.165) is 5.56 Å². The number of nitrogens with two attached hydrogens (primary N) is 1. The van der Waals surface area contributed by atoms with E-state index >= 15 is 0 Å². The van der Waals surface area contributed by atoms with E-state index in [9.17, 15) is 9.18 Å². The Kier molecular flexibility index (Phi) is 5.16. The van der Waals surface area contributed by atoms with Crippen LogP contribution in [0.5, 0.6) is 5.75 Å². The molecule has 112 valence electrons. The molecule has 0 aliphatic carbocycles. The molecule has 0 radical (unpaired) electrons. The first-order valence-corrected chi connectivity index (χ1v) is 6.62. The molecule has 3 N–H and O–H groups in total. The number of thiocarbonyl (C=S) groups is 1. The lowest BCUT2D eigenvalue weighted by molar-refractivity contribution is 0.0730. The molecule has 0 amide bonds. The molecule has 0 bridgehead atoms. The SMILES string of the molecule is NC(=S)N/N=C\c1ccc(OC(=O)c2ccccc2F)cc1. The van der Waals surface area contributed by atoms with E-state index in [4.69, 9.17) is 10.5 Å². The monoisotopic (exact) mass is 317 g/mol. The summed E-state index contributed by atoms with van der Waals surface area (Å²) in [4.78, 5) is 11.8. The third kappa shape index (κ3) is 4.35. The Labute approximate surface area is 131 Å². The molecule has 0 saturated carbocycles. The molecule has 0 aliphatic heterocycles. The van der Waals surface area contributed by atoms with Gasteiger partial charge in [-0.15, -0.1) is 0 Å². The van der Waals surface area contributed by atoms with E-state index in [1.54, 1.807) is 30.3 Å². The van der Waals surface area contributed by atoms with Crippen LogP contribution in [0, 0.1) is 5.82 Å². The minimum absolute atomic E-state index is 0.0617. The molecule has 2 aromatic carbocycles. The van der Waals surface area contributed by atoms with Crippen molar-refractivity contribution in [2.24, 2.45) is 10.8 Å². The molecule has 0 saturated heterocycles. The summed E-state index contributed by atoms with van der Waals surface area (Å²) in [5.74, 6) is -1.08. The lowest BCUT2D eigenvalue weighted by Gasteiger charge is -2.05. The maximum absolute atomic E-state index is 13.5. The number of hydrazone groups is 1. The second kappa shape index (κ2) is 7.28. The number of halogens is 1. The number of benzene rings is 2. The number of nitrogens with one attached hydrogen (secondary N) is 1. The van der Waals surface area contributed by atoms with Gasteiger partial charge >= 0.3 is 5.97 Å². The zero-order valence-corrected chi connectivity index (χ0v) is 12.1. The van der Waals surface area contributed by atoms with Gasteiger partial charge in [-0.1, -0.05) is 12.1 Å². The Bertz CT molecular complexity index is 717. The first kappa shape index (κ1) is 15.6. The highest BCUT2D eigenvalue weighted by atomic mass is 32.1. The van der Waals surface area contributed by atoms with Crippen LogP contribution in [0.1, 0.15) is 15.9 Å². The van der Waals surface area contributed by atoms with Crippen LogP contribution in [0.2, 0.25) is 0 Å². The van der Waals surface area contributed by atoms with Gasteiger partial charge in [-0.05, 0) is 54.2 Å². The van der Waals surface area contributed by atoms with E-state index in [1.807, 2.05) is 0 Å². The summed E-state index contributed by atoms with van der Waals surface area (Å²) in [7, 11) is 0. The van der Waals surface area contributed by atoms with Gasteiger partial charge in [0.25, 0.3) is 0 Å². The molecule has 0 atom stereocenters. The molecule has 5 nitrogen and oxygen atoms in total. The third-order valence-corrected chi connectivity index (χ3v) is 2.66. The van der Waals surface area contributed by atoms with Gasteiger partial charge < -0.3 is 10.5 Å². The lowest BCUT2D eigenvalue weighted by atomic mass is 10.2. The number of rotatable bonds is 4. The van der Waals surface area contributed by atoms with Crippen molar-refractivity contribution in [3.63, 3.8) is 0 Å². The van der Waals surface area contributed by atoms with Crippen molar-refractivity contribution >= 4 is 29.5 Å². The number of hydrogen-bond donors (Lipinski definition) is 2. The largest absolute Gasteiger partial charge is 0.423 e. The van der Waals surface area contributed by atoms with Gasteiger partial charge in [0, 0.05) is 0 Å². The first-order valence-electron chi connectivity index (χ1n) is 6.21. The topological polar surface area (TPSA) is 76.7 Å². The number of esters is 1. The van der Waals surface area contributed by atoms with Crippen molar-refractivity contribution in [2.75, 3.05) is 0 Å². The Balaban J connectivity index is 2.02. The normalized spacial score (nSPS) is 10.4. The summed E-state index contributed by atoms with van der Waals surface area (Å²) in [5, 5.41) is 3.85. The average Bonchev–Trinajstić information content (AvgIpc) is 2.49. The van der Waals surface area contributed by atoms with Gasteiger partial charge in [0.05, 0.1) is 11.8 Å². The minimum Gasteiger partial charge on any atom is -0.423 e. The second-order valence-corrected chi connectivity index (χ2v) is 4.61. The highest BCUT2D eigenvalue weighted by molar-refractivity contribution is 7.80. The predicted molar refractivity (Wildman–Crippen MR) is 85.3 cm³/mol. The van der Waals surface area contributed by atoms with Gasteiger partial charge in [0.15, 0.2) is 5.11 Å². The fourth-order valence-electron chi connectivity index (χ4n) is 1.58. The maximum atomic E-state index is 13.5. The van der Waals surface area contributed by atoms with Crippen molar-refractivity contribution < 1.29 is 13.9 Å². The van der Waals surface area contributed by atoms with Crippen LogP contribution < -0.4 is 15.9 Å². The zero-order chi connectivity index (χ0) is 15.9.